The van der Waals surface area contributed by atoms with Crippen LogP contribution in [-0.2, 0) is 9.59 Å². The van der Waals surface area contributed by atoms with Crippen molar-refractivity contribution in [3.8, 4) is 0 Å². The monoisotopic (exact) mass is 331 g/mol. The summed E-state index contributed by atoms with van der Waals surface area (Å²) in [4.78, 5) is 26.0. The zero-order valence-corrected chi connectivity index (χ0v) is 15.1. The average Bonchev–Trinajstić information content (AvgIpc) is 2.53. The van der Waals surface area contributed by atoms with Crippen LogP contribution in [0.15, 0.2) is 24.3 Å². The number of carbonyl (C=O) groups is 2. The van der Waals surface area contributed by atoms with Gasteiger partial charge in [-0.05, 0) is 48.9 Å². The largest absolute Gasteiger partial charge is 0.372 e. The maximum Gasteiger partial charge on any atom is 0.247 e. The Morgan fingerprint density at radius 2 is 1.71 bits per heavy atom. The van der Waals surface area contributed by atoms with Gasteiger partial charge in [0.05, 0.1) is 0 Å². The van der Waals surface area contributed by atoms with Gasteiger partial charge in [-0.3, -0.25) is 9.59 Å². The lowest BCUT2D eigenvalue weighted by Gasteiger charge is -2.32. The first-order valence-corrected chi connectivity index (χ1v) is 8.79. The van der Waals surface area contributed by atoms with Gasteiger partial charge in [-0.25, -0.2) is 0 Å². The Labute approximate surface area is 144 Å². The Morgan fingerprint density at radius 3 is 2.21 bits per heavy atom. The maximum absolute atomic E-state index is 12.4. The van der Waals surface area contributed by atoms with E-state index in [1.165, 1.54) is 25.5 Å². The van der Waals surface area contributed by atoms with Crippen LogP contribution >= 0.6 is 0 Å². The number of hydrogen-bond acceptors (Lipinski definition) is 3. The Kier molecular flexibility index (Phi) is 6.23. The van der Waals surface area contributed by atoms with E-state index < -0.39 is 6.04 Å². The van der Waals surface area contributed by atoms with E-state index in [0.717, 1.165) is 24.7 Å². The lowest BCUT2D eigenvalue weighted by molar-refractivity contribution is -0.126. The summed E-state index contributed by atoms with van der Waals surface area (Å²) in [7, 11) is 0. The van der Waals surface area contributed by atoms with Gasteiger partial charge in [-0.15, -0.1) is 0 Å². The summed E-state index contributed by atoms with van der Waals surface area (Å²) in [5.74, 6) is 0.461. The molecule has 5 nitrogen and oxygen atoms in total. The van der Waals surface area contributed by atoms with E-state index in [0.29, 0.717) is 0 Å². The van der Waals surface area contributed by atoms with Crippen molar-refractivity contribution in [2.45, 2.75) is 46.6 Å². The van der Waals surface area contributed by atoms with Gasteiger partial charge in [-0.1, -0.05) is 20.8 Å². The van der Waals surface area contributed by atoms with Crippen LogP contribution in [0.3, 0.4) is 0 Å². The van der Waals surface area contributed by atoms with E-state index in [9.17, 15) is 9.59 Å². The second kappa shape index (κ2) is 8.18. The van der Waals surface area contributed by atoms with Crippen molar-refractivity contribution in [1.29, 1.82) is 0 Å². The fraction of sp³-hybridized carbons (Fsp3) is 0.579. The number of hydrogen-bond donors (Lipinski definition) is 2. The highest BCUT2D eigenvalue weighted by Gasteiger charge is 2.23. The molecule has 0 aliphatic carbocycles. The molecule has 1 aliphatic rings. The van der Waals surface area contributed by atoms with Crippen LogP contribution in [0.5, 0.6) is 0 Å². The van der Waals surface area contributed by atoms with Gasteiger partial charge >= 0.3 is 0 Å². The first-order chi connectivity index (χ1) is 11.4. The van der Waals surface area contributed by atoms with Gasteiger partial charge in [0.2, 0.25) is 11.8 Å². The van der Waals surface area contributed by atoms with Crippen LogP contribution < -0.4 is 15.5 Å². The first-order valence-electron chi connectivity index (χ1n) is 8.79. The molecule has 0 saturated carbocycles. The number of nitrogens with one attached hydrogen (secondary N) is 2. The number of benzene rings is 1. The lowest BCUT2D eigenvalue weighted by Crippen LogP contribution is -2.46. The summed E-state index contributed by atoms with van der Waals surface area (Å²) in [5, 5.41) is 5.60. The molecule has 0 radical (unpaired) electrons. The van der Waals surface area contributed by atoms with E-state index in [1.54, 1.807) is 0 Å². The third kappa shape index (κ3) is 4.98. The predicted octanol–water partition coefficient (Wildman–Crippen LogP) is 3.02. The zero-order valence-electron chi connectivity index (χ0n) is 15.1. The van der Waals surface area contributed by atoms with Crippen LogP contribution in [0.25, 0.3) is 0 Å². The highest BCUT2D eigenvalue weighted by Crippen LogP contribution is 2.24. The van der Waals surface area contributed by atoms with Gasteiger partial charge < -0.3 is 15.5 Å². The minimum Gasteiger partial charge on any atom is -0.372 e. The minimum absolute atomic E-state index is 0.0310. The van der Waals surface area contributed by atoms with E-state index in [4.69, 9.17) is 0 Å². The molecule has 1 aromatic rings. The molecule has 2 N–H and O–H groups in total. The summed E-state index contributed by atoms with van der Waals surface area (Å²) in [6, 6.07) is 7.43. The molecular weight excluding hydrogens is 302 g/mol. The van der Waals surface area contributed by atoms with Crippen molar-refractivity contribution in [3.63, 3.8) is 0 Å². The smallest absolute Gasteiger partial charge is 0.247 e. The lowest BCUT2D eigenvalue weighted by atomic mass is 9.99. The van der Waals surface area contributed by atoms with Crippen LogP contribution in [0.2, 0.25) is 0 Å². The third-order valence-corrected chi connectivity index (χ3v) is 4.59. The maximum atomic E-state index is 12.4. The molecule has 1 heterocycles. The molecule has 1 atom stereocenters. The molecule has 24 heavy (non-hydrogen) atoms. The molecule has 132 valence electrons. The molecule has 0 spiro atoms. The van der Waals surface area contributed by atoms with Gasteiger partial charge in [0.15, 0.2) is 0 Å². The van der Waals surface area contributed by atoms with Crippen molar-refractivity contribution in [2.24, 2.45) is 11.8 Å². The van der Waals surface area contributed by atoms with Gasteiger partial charge in [-0.2, -0.15) is 0 Å². The quantitative estimate of drug-likeness (QED) is 0.872. The molecule has 2 amide bonds. The second-order valence-corrected chi connectivity index (χ2v) is 7.13. The highest BCUT2D eigenvalue weighted by molar-refractivity contribution is 5.97. The second-order valence-electron chi connectivity index (χ2n) is 7.13. The molecule has 1 saturated heterocycles. The van der Waals surface area contributed by atoms with Crippen molar-refractivity contribution >= 4 is 23.2 Å². The third-order valence-electron chi connectivity index (χ3n) is 4.59. The molecule has 0 unspecified atom stereocenters. The average molecular weight is 331 g/mol. The molecule has 2 rings (SSSR count). The number of anilines is 2. The van der Waals surface area contributed by atoms with Gasteiger partial charge in [0.1, 0.15) is 6.04 Å². The molecule has 1 aromatic carbocycles. The zero-order chi connectivity index (χ0) is 17.7. The van der Waals surface area contributed by atoms with Crippen molar-refractivity contribution in [1.82, 2.24) is 5.32 Å². The van der Waals surface area contributed by atoms with E-state index >= 15 is 0 Å². The summed E-state index contributed by atoms with van der Waals surface area (Å²) in [6.07, 6.45) is 2.45. The number of amides is 2. The van der Waals surface area contributed by atoms with Crippen LogP contribution in [0, 0.1) is 11.8 Å². The number of carbonyl (C=O) groups excluding carboxylic acids is 2. The molecule has 1 aliphatic heterocycles. The Morgan fingerprint density at radius 1 is 1.12 bits per heavy atom. The van der Waals surface area contributed by atoms with Crippen LogP contribution in [-0.4, -0.2) is 30.9 Å². The van der Waals surface area contributed by atoms with E-state index in [-0.39, 0.29) is 17.7 Å². The Hall–Kier alpha value is -2.04. The number of piperidine rings is 1. The molecule has 0 aromatic heterocycles. The standard InChI is InChI=1S/C19H29N3O2/c1-13(2)18(20-15(4)23)19(24)21-16-5-7-17(8-6-16)22-11-9-14(3)10-12-22/h5-8,13-14,18H,9-12H2,1-4H3,(H,20,23)(H,21,24)/t18-/m1/s1. The van der Waals surface area contributed by atoms with Crippen molar-refractivity contribution in [2.75, 3.05) is 23.3 Å². The van der Waals surface area contributed by atoms with E-state index in [2.05, 4.69) is 22.5 Å². The van der Waals surface area contributed by atoms with Crippen LogP contribution in [0.4, 0.5) is 11.4 Å². The van der Waals surface area contributed by atoms with Crippen LogP contribution in [0.1, 0.15) is 40.5 Å². The predicted molar refractivity (Wildman–Crippen MR) is 98.1 cm³/mol. The SMILES string of the molecule is CC(=O)N[C@@H](C(=O)Nc1ccc(N2CCC(C)CC2)cc1)C(C)C. The Balaban J connectivity index is 1.97. The summed E-state index contributed by atoms with van der Waals surface area (Å²) >= 11 is 0. The first kappa shape index (κ1) is 18.3. The summed E-state index contributed by atoms with van der Waals surface area (Å²) in [5.41, 5.74) is 1.95. The highest BCUT2D eigenvalue weighted by atomic mass is 16.2. The fourth-order valence-corrected chi connectivity index (χ4v) is 3.00. The fourth-order valence-electron chi connectivity index (χ4n) is 3.00. The molecular formula is C19H29N3O2. The minimum atomic E-state index is -0.522. The molecule has 1 fully saturated rings. The summed E-state index contributed by atoms with van der Waals surface area (Å²) in [6.45, 7) is 9.74. The topological polar surface area (TPSA) is 61.4 Å². The Bertz CT molecular complexity index is 560. The normalized spacial score (nSPS) is 16.8. The van der Waals surface area contributed by atoms with E-state index in [1.807, 2.05) is 38.1 Å². The number of rotatable bonds is 5. The van der Waals surface area contributed by atoms with Gasteiger partial charge in [0, 0.05) is 31.4 Å². The van der Waals surface area contributed by atoms with Gasteiger partial charge in [0.25, 0.3) is 0 Å². The molecule has 0 bridgehead atoms. The number of nitrogens with zero attached hydrogens (tertiary/aromatic N) is 1. The summed E-state index contributed by atoms with van der Waals surface area (Å²) < 4.78 is 0. The molecule has 5 heteroatoms. The van der Waals surface area contributed by atoms with Crippen molar-refractivity contribution < 1.29 is 9.59 Å². The van der Waals surface area contributed by atoms with Crippen molar-refractivity contribution in [3.05, 3.63) is 24.3 Å².